The van der Waals surface area contributed by atoms with E-state index in [1.807, 2.05) is 14.1 Å². The van der Waals surface area contributed by atoms with Crippen LogP contribution in [-0.2, 0) is 9.59 Å². The third-order valence-electron chi connectivity index (χ3n) is 7.35. The van der Waals surface area contributed by atoms with Gasteiger partial charge in [0, 0.05) is 72.9 Å². The number of nitrogens with one attached hydrogen (secondary N) is 2. The molecule has 31 heavy (non-hydrogen) atoms. The van der Waals surface area contributed by atoms with E-state index in [4.69, 9.17) is 0 Å². The lowest BCUT2D eigenvalue weighted by Gasteiger charge is -2.36. The van der Waals surface area contributed by atoms with E-state index in [1.54, 1.807) is 11.9 Å². The van der Waals surface area contributed by atoms with Crippen LogP contribution in [-0.4, -0.2) is 99.4 Å². The van der Waals surface area contributed by atoms with Crippen LogP contribution >= 0.6 is 0 Å². The Kier molecular flexibility index (Phi) is 8.58. The number of hydrogen-bond acceptors (Lipinski definition) is 4. The second-order valence-electron chi connectivity index (χ2n) is 9.69. The number of piperazine rings is 1. The molecule has 0 aromatic carbocycles. The quantitative estimate of drug-likeness (QED) is 0.464. The van der Waals surface area contributed by atoms with E-state index < -0.39 is 0 Å². The molecule has 8 heteroatoms. The maximum absolute atomic E-state index is 12.7. The Morgan fingerprint density at radius 1 is 1.00 bits per heavy atom. The Balaban J connectivity index is 1.37. The van der Waals surface area contributed by atoms with E-state index in [2.05, 4.69) is 25.4 Å². The van der Waals surface area contributed by atoms with E-state index in [0.717, 1.165) is 83.8 Å². The largest absolute Gasteiger partial charge is 0.355 e. The smallest absolute Gasteiger partial charge is 0.230 e. The van der Waals surface area contributed by atoms with Crippen molar-refractivity contribution in [2.75, 3.05) is 67.0 Å². The molecular weight excluding hydrogens is 392 g/mol. The zero-order valence-electron chi connectivity index (χ0n) is 19.8. The molecule has 3 aliphatic rings. The first-order valence-corrected chi connectivity index (χ1v) is 12.1. The lowest BCUT2D eigenvalue weighted by Crippen LogP contribution is -2.52. The van der Waals surface area contributed by atoms with E-state index in [0.29, 0.717) is 12.5 Å². The summed E-state index contributed by atoms with van der Waals surface area (Å²) in [6.45, 7) is 5.92. The number of carbonyl (C=O) groups is 2. The van der Waals surface area contributed by atoms with Gasteiger partial charge in [-0.2, -0.15) is 0 Å². The summed E-state index contributed by atoms with van der Waals surface area (Å²) < 4.78 is 0. The molecule has 0 bridgehead atoms. The first-order valence-electron chi connectivity index (χ1n) is 12.1. The Morgan fingerprint density at radius 2 is 1.65 bits per heavy atom. The molecule has 3 rings (SSSR count). The summed E-state index contributed by atoms with van der Waals surface area (Å²) in [5.74, 6) is 1.64. The number of aliphatic imine (C=N–C) groups is 1. The van der Waals surface area contributed by atoms with E-state index >= 15 is 0 Å². The Labute approximate surface area is 187 Å². The molecule has 0 aromatic rings. The van der Waals surface area contributed by atoms with Gasteiger partial charge in [-0.1, -0.05) is 25.7 Å². The highest BCUT2D eigenvalue weighted by atomic mass is 16.2. The Bertz CT molecular complexity index is 630. The van der Waals surface area contributed by atoms with Crippen molar-refractivity contribution in [1.29, 1.82) is 0 Å². The fourth-order valence-electron chi connectivity index (χ4n) is 5.42. The first kappa shape index (κ1) is 23.8. The summed E-state index contributed by atoms with van der Waals surface area (Å²) >= 11 is 0. The van der Waals surface area contributed by atoms with Gasteiger partial charge < -0.3 is 20.4 Å². The van der Waals surface area contributed by atoms with Crippen molar-refractivity contribution < 1.29 is 9.59 Å². The van der Waals surface area contributed by atoms with Crippen molar-refractivity contribution >= 4 is 17.8 Å². The third kappa shape index (κ3) is 6.11. The number of nitrogens with zero attached hydrogens (tertiary/aromatic N) is 4. The minimum absolute atomic E-state index is 0.220. The second kappa shape index (κ2) is 11.2. The summed E-state index contributed by atoms with van der Waals surface area (Å²) in [6, 6.07) is 0. The average molecular weight is 435 g/mol. The van der Waals surface area contributed by atoms with Crippen LogP contribution < -0.4 is 10.6 Å². The molecular formula is C23H42N6O2. The predicted molar refractivity (Wildman–Crippen MR) is 124 cm³/mol. The minimum atomic E-state index is -0.302. The van der Waals surface area contributed by atoms with Crippen LogP contribution in [0.4, 0.5) is 0 Å². The van der Waals surface area contributed by atoms with Gasteiger partial charge in [0.05, 0.1) is 5.41 Å². The maximum Gasteiger partial charge on any atom is 0.230 e. The topological polar surface area (TPSA) is 80.3 Å². The molecule has 2 saturated carbocycles. The SMILES string of the molecule is CN=C(NCCN1CCN(C(=O)C2CCCC2)CC1)NCC1(C(=O)N(C)C)CCCC1. The zero-order chi connectivity index (χ0) is 22.3. The highest BCUT2D eigenvalue weighted by Gasteiger charge is 2.42. The third-order valence-corrected chi connectivity index (χ3v) is 7.35. The lowest BCUT2D eigenvalue weighted by molar-refractivity contribution is -0.139. The molecule has 0 aromatic heterocycles. The average Bonchev–Trinajstić information content (AvgIpc) is 3.48. The highest BCUT2D eigenvalue weighted by Crippen LogP contribution is 2.38. The van der Waals surface area contributed by atoms with Crippen LogP contribution in [0.1, 0.15) is 51.4 Å². The molecule has 0 spiro atoms. The Morgan fingerprint density at radius 3 is 2.23 bits per heavy atom. The summed E-state index contributed by atoms with van der Waals surface area (Å²) in [5, 5.41) is 6.80. The van der Waals surface area contributed by atoms with Gasteiger partial charge in [-0.25, -0.2) is 0 Å². The van der Waals surface area contributed by atoms with E-state index in [9.17, 15) is 9.59 Å². The molecule has 0 unspecified atom stereocenters. The van der Waals surface area contributed by atoms with Gasteiger partial charge in [-0.3, -0.25) is 19.5 Å². The number of guanidine groups is 1. The number of amides is 2. The first-order chi connectivity index (χ1) is 14.9. The van der Waals surface area contributed by atoms with E-state index in [-0.39, 0.29) is 17.2 Å². The number of hydrogen-bond donors (Lipinski definition) is 2. The van der Waals surface area contributed by atoms with Gasteiger partial charge in [-0.05, 0) is 25.7 Å². The molecule has 2 amide bonds. The van der Waals surface area contributed by atoms with Crippen molar-refractivity contribution in [1.82, 2.24) is 25.3 Å². The molecule has 1 aliphatic heterocycles. The second-order valence-corrected chi connectivity index (χ2v) is 9.69. The molecule has 0 atom stereocenters. The molecule has 1 saturated heterocycles. The monoisotopic (exact) mass is 434 g/mol. The lowest BCUT2D eigenvalue weighted by atomic mass is 9.84. The standard InChI is InChI=1S/C23H42N6O2/c1-24-22(26-18-23(10-6-7-11-23)21(31)27(2)3)25-12-13-28-14-16-29(17-15-28)20(30)19-8-4-5-9-19/h19H,4-18H2,1-3H3,(H2,24,25,26). The van der Waals surface area contributed by atoms with Crippen LogP contribution in [0.15, 0.2) is 4.99 Å². The molecule has 1 heterocycles. The van der Waals surface area contributed by atoms with Crippen molar-refractivity contribution in [3.05, 3.63) is 0 Å². The summed E-state index contributed by atoms with van der Waals surface area (Å²) in [6.07, 6.45) is 8.69. The highest BCUT2D eigenvalue weighted by molar-refractivity contribution is 5.85. The predicted octanol–water partition coefficient (Wildman–Crippen LogP) is 1.13. The van der Waals surface area contributed by atoms with Gasteiger partial charge in [0.2, 0.25) is 11.8 Å². The fraction of sp³-hybridized carbons (Fsp3) is 0.870. The zero-order valence-corrected chi connectivity index (χ0v) is 19.8. The van der Waals surface area contributed by atoms with Gasteiger partial charge in [0.15, 0.2) is 5.96 Å². The number of carbonyl (C=O) groups excluding carboxylic acids is 2. The number of rotatable bonds is 7. The molecule has 0 radical (unpaired) electrons. The summed E-state index contributed by atoms with van der Waals surface area (Å²) in [7, 11) is 5.46. The Hall–Kier alpha value is -1.83. The van der Waals surface area contributed by atoms with E-state index in [1.165, 1.54) is 12.8 Å². The van der Waals surface area contributed by atoms with Crippen LogP contribution in [0.3, 0.4) is 0 Å². The maximum atomic E-state index is 12.7. The molecule has 8 nitrogen and oxygen atoms in total. The van der Waals surface area contributed by atoms with Gasteiger partial charge >= 0.3 is 0 Å². The van der Waals surface area contributed by atoms with Crippen molar-refractivity contribution in [2.45, 2.75) is 51.4 Å². The molecule has 176 valence electrons. The van der Waals surface area contributed by atoms with Gasteiger partial charge in [0.25, 0.3) is 0 Å². The van der Waals surface area contributed by atoms with Crippen LogP contribution in [0.5, 0.6) is 0 Å². The molecule has 3 fully saturated rings. The summed E-state index contributed by atoms with van der Waals surface area (Å²) in [5.41, 5.74) is -0.302. The molecule has 2 aliphatic carbocycles. The normalized spacial score (nSPS) is 22.5. The van der Waals surface area contributed by atoms with Crippen LogP contribution in [0.2, 0.25) is 0 Å². The van der Waals surface area contributed by atoms with Crippen molar-refractivity contribution in [2.24, 2.45) is 16.3 Å². The molecule has 2 N–H and O–H groups in total. The van der Waals surface area contributed by atoms with Crippen molar-refractivity contribution in [3.63, 3.8) is 0 Å². The minimum Gasteiger partial charge on any atom is -0.355 e. The fourth-order valence-corrected chi connectivity index (χ4v) is 5.42. The van der Waals surface area contributed by atoms with Crippen LogP contribution in [0.25, 0.3) is 0 Å². The summed E-state index contributed by atoms with van der Waals surface area (Å²) in [4.78, 5) is 35.9. The van der Waals surface area contributed by atoms with Crippen molar-refractivity contribution in [3.8, 4) is 0 Å². The van der Waals surface area contributed by atoms with Gasteiger partial charge in [0.1, 0.15) is 0 Å². The van der Waals surface area contributed by atoms with Crippen LogP contribution in [0, 0.1) is 11.3 Å². The van der Waals surface area contributed by atoms with Gasteiger partial charge in [-0.15, -0.1) is 0 Å².